The van der Waals surface area contributed by atoms with Crippen LogP contribution in [0.3, 0.4) is 0 Å². The van der Waals surface area contributed by atoms with E-state index in [0.29, 0.717) is 0 Å². The van der Waals surface area contributed by atoms with Crippen LogP contribution in [0.1, 0.15) is 277 Å². The Hall–Kier alpha value is -2.34. The van der Waals surface area contributed by atoms with Gasteiger partial charge in [0.1, 0.15) is 0 Å². The molecular weight excluding hydrogens is 817 g/mol. The summed E-state index contributed by atoms with van der Waals surface area (Å²) in [5, 5.41) is 0. The summed E-state index contributed by atoms with van der Waals surface area (Å²) in [6, 6.07) is 28.0. The van der Waals surface area contributed by atoms with Gasteiger partial charge in [-0.1, -0.05) is 200 Å². The lowest BCUT2D eigenvalue weighted by Gasteiger charge is -2.38. The Bertz CT molecular complexity index is 1650. The molecule has 6 fully saturated rings. The van der Waals surface area contributed by atoms with Crippen molar-refractivity contribution in [2.75, 3.05) is 0 Å². The summed E-state index contributed by atoms with van der Waals surface area (Å²) in [7, 11) is 0. The molecule has 0 spiro atoms. The molecule has 0 radical (unpaired) electrons. The van der Waals surface area contributed by atoms with Crippen molar-refractivity contribution in [2.45, 2.75) is 265 Å². The van der Waals surface area contributed by atoms with Crippen LogP contribution in [0, 0.1) is 74.0 Å². The van der Waals surface area contributed by atoms with Crippen LogP contribution >= 0.6 is 0 Å². The molecule has 378 valence electrons. The fourth-order valence-corrected chi connectivity index (χ4v) is 15.6. The molecule has 0 amide bonds. The molecule has 0 atom stereocenters. The Morgan fingerprint density at radius 3 is 0.735 bits per heavy atom. The number of hydrogen-bond donors (Lipinski definition) is 0. The van der Waals surface area contributed by atoms with Crippen molar-refractivity contribution in [3.05, 3.63) is 106 Å². The van der Waals surface area contributed by atoms with Crippen LogP contribution < -0.4 is 0 Å². The Labute approximate surface area is 422 Å². The normalized spacial score (nSPS) is 32.2. The summed E-state index contributed by atoms with van der Waals surface area (Å²) in [5.74, 6) is 12.0. The maximum absolute atomic E-state index is 2.38. The topological polar surface area (TPSA) is 0 Å². The number of benzene rings is 3. The molecule has 68 heavy (non-hydrogen) atoms. The predicted molar refractivity (Wildman–Crippen MR) is 298 cm³/mol. The zero-order valence-electron chi connectivity index (χ0n) is 45.5. The molecule has 0 unspecified atom stereocenters. The van der Waals surface area contributed by atoms with Crippen molar-refractivity contribution in [3.63, 3.8) is 0 Å². The van der Waals surface area contributed by atoms with E-state index in [2.05, 4.69) is 114 Å². The zero-order valence-corrected chi connectivity index (χ0v) is 45.5. The molecular formula is C68H106. The molecule has 0 nitrogen and oxygen atoms in total. The van der Waals surface area contributed by atoms with Gasteiger partial charge in [-0.05, 0) is 224 Å². The summed E-state index contributed by atoms with van der Waals surface area (Å²) in [6.45, 7) is 13.6. The third kappa shape index (κ3) is 16.6. The van der Waals surface area contributed by atoms with E-state index in [4.69, 9.17) is 0 Å². The van der Waals surface area contributed by atoms with E-state index in [1.807, 2.05) is 0 Å². The molecule has 0 bridgehead atoms. The first kappa shape index (κ1) is 53.5. The van der Waals surface area contributed by atoms with E-state index < -0.39 is 0 Å². The van der Waals surface area contributed by atoms with Crippen molar-refractivity contribution in [2.24, 2.45) is 53.3 Å². The lowest BCUT2D eigenvalue weighted by molar-refractivity contribution is 0.155. The molecule has 6 aliphatic rings. The van der Waals surface area contributed by atoms with Gasteiger partial charge in [0.05, 0.1) is 0 Å². The largest absolute Gasteiger partial charge is 0.0654 e. The molecule has 0 aliphatic heterocycles. The Morgan fingerprint density at radius 2 is 0.500 bits per heavy atom. The second-order valence-corrected chi connectivity index (χ2v) is 25.0. The van der Waals surface area contributed by atoms with E-state index >= 15 is 0 Å². The van der Waals surface area contributed by atoms with Crippen LogP contribution in [-0.2, 0) is 0 Å². The van der Waals surface area contributed by atoms with Crippen LogP contribution in [0.4, 0.5) is 0 Å². The van der Waals surface area contributed by atoms with E-state index in [1.54, 1.807) is 16.7 Å². The van der Waals surface area contributed by atoms with Gasteiger partial charge in [-0.2, -0.15) is 0 Å². The average molecular weight is 924 g/mol. The van der Waals surface area contributed by atoms with Gasteiger partial charge in [-0.25, -0.2) is 0 Å². The van der Waals surface area contributed by atoms with Crippen LogP contribution in [0.25, 0.3) is 0 Å². The summed E-state index contributed by atoms with van der Waals surface area (Å²) in [4.78, 5) is 0. The molecule has 3 aromatic rings. The lowest BCUT2D eigenvalue weighted by Crippen LogP contribution is -2.25. The summed E-state index contributed by atoms with van der Waals surface area (Å²) in [6.07, 6.45) is 47.4. The van der Waals surface area contributed by atoms with Gasteiger partial charge in [0.15, 0.2) is 0 Å². The monoisotopic (exact) mass is 923 g/mol. The highest BCUT2D eigenvalue weighted by Gasteiger charge is 2.34. The molecule has 6 saturated carbocycles. The summed E-state index contributed by atoms with van der Waals surface area (Å²) < 4.78 is 0. The van der Waals surface area contributed by atoms with E-state index in [9.17, 15) is 0 Å². The maximum atomic E-state index is 2.38. The SMILES string of the molecule is CCCC1CCC(C2CCC(c3ccc(C)cc3)CC2)CC1.CCCC1CCC(C2CCC(c3ccc(C)cc3)CC2)CC1.CCCCCC1CCC(C2CCC(c3ccc(C)cc3)CC2)CC1. The van der Waals surface area contributed by atoms with E-state index in [-0.39, 0.29) is 0 Å². The molecule has 0 heteroatoms. The smallest absolute Gasteiger partial charge is 0.0162 e. The van der Waals surface area contributed by atoms with Gasteiger partial charge in [0.25, 0.3) is 0 Å². The predicted octanol–water partition coefficient (Wildman–Crippen LogP) is 21.4. The van der Waals surface area contributed by atoms with Crippen LogP contribution in [0.15, 0.2) is 72.8 Å². The molecule has 0 heterocycles. The third-order valence-electron chi connectivity index (χ3n) is 20.2. The number of rotatable bonds is 14. The van der Waals surface area contributed by atoms with Crippen molar-refractivity contribution in [1.29, 1.82) is 0 Å². The summed E-state index contributed by atoms with van der Waals surface area (Å²) in [5.41, 5.74) is 8.95. The van der Waals surface area contributed by atoms with Crippen LogP contribution in [0.5, 0.6) is 0 Å². The first-order valence-electron chi connectivity index (χ1n) is 30.5. The van der Waals surface area contributed by atoms with Crippen LogP contribution in [0.2, 0.25) is 0 Å². The molecule has 6 aliphatic carbocycles. The second-order valence-electron chi connectivity index (χ2n) is 25.0. The molecule has 9 rings (SSSR count). The highest BCUT2D eigenvalue weighted by molar-refractivity contribution is 5.27. The Kier molecular flexibility index (Phi) is 22.5. The van der Waals surface area contributed by atoms with E-state index in [0.717, 1.165) is 71.0 Å². The van der Waals surface area contributed by atoms with Gasteiger partial charge in [0.2, 0.25) is 0 Å². The minimum Gasteiger partial charge on any atom is -0.0654 e. The van der Waals surface area contributed by atoms with Gasteiger partial charge < -0.3 is 0 Å². The number of unbranched alkanes of at least 4 members (excludes halogenated alkanes) is 2. The standard InChI is InChI=1S/C24H38.2C22H34/c1-3-4-5-6-20-9-13-22(14-10-20)24-17-15-23(16-18-24)21-11-7-19(2)8-12-21;2*1-3-4-18-7-11-20(12-8-18)22-15-13-21(14-16-22)19-9-5-17(2)6-10-19/h7-8,11-12,20,22-24H,3-6,9-10,13-18H2,1-2H3;2*5-6,9-10,18,20-22H,3-4,7-8,11-16H2,1-2H3. The lowest BCUT2D eigenvalue weighted by atomic mass is 9.68. The Balaban J connectivity index is 0.000000151. The van der Waals surface area contributed by atoms with Gasteiger partial charge in [0, 0.05) is 0 Å². The minimum atomic E-state index is 0.840. The number of hydrogen-bond acceptors (Lipinski definition) is 0. The highest BCUT2D eigenvalue weighted by atomic mass is 14.4. The zero-order chi connectivity index (χ0) is 47.5. The fourth-order valence-electron chi connectivity index (χ4n) is 15.6. The molecule has 0 aromatic heterocycles. The van der Waals surface area contributed by atoms with Gasteiger partial charge >= 0.3 is 0 Å². The van der Waals surface area contributed by atoms with Crippen LogP contribution in [-0.4, -0.2) is 0 Å². The first-order valence-corrected chi connectivity index (χ1v) is 30.5. The highest BCUT2D eigenvalue weighted by Crippen LogP contribution is 2.47. The second kappa shape index (κ2) is 28.6. The number of aryl methyl sites for hydroxylation is 3. The Morgan fingerprint density at radius 1 is 0.265 bits per heavy atom. The van der Waals surface area contributed by atoms with E-state index in [1.165, 1.54) is 222 Å². The minimum absolute atomic E-state index is 0.840. The maximum Gasteiger partial charge on any atom is -0.0162 e. The quantitative estimate of drug-likeness (QED) is 0.141. The third-order valence-corrected chi connectivity index (χ3v) is 20.2. The fraction of sp³-hybridized carbons (Fsp3) is 0.735. The molecule has 3 aromatic carbocycles. The molecule has 0 N–H and O–H groups in total. The van der Waals surface area contributed by atoms with Crippen molar-refractivity contribution in [1.82, 2.24) is 0 Å². The summed E-state index contributed by atoms with van der Waals surface area (Å²) >= 11 is 0. The average Bonchev–Trinajstić information content (AvgIpc) is 3.39. The van der Waals surface area contributed by atoms with Gasteiger partial charge in [-0.3, -0.25) is 0 Å². The van der Waals surface area contributed by atoms with Gasteiger partial charge in [-0.15, -0.1) is 0 Å². The van der Waals surface area contributed by atoms with Crippen molar-refractivity contribution >= 4 is 0 Å². The van der Waals surface area contributed by atoms with Crippen molar-refractivity contribution in [3.8, 4) is 0 Å². The molecule has 0 saturated heterocycles. The van der Waals surface area contributed by atoms with Crippen molar-refractivity contribution < 1.29 is 0 Å². The first-order chi connectivity index (χ1) is 33.3.